The molecular formula is C15H20Cl2N2O3. The van der Waals surface area contributed by atoms with E-state index in [1.807, 2.05) is 20.8 Å². The summed E-state index contributed by atoms with van der Waals surface area (Å²) >= 11 is 11.7. The Bertz CT molecular complexity index is 542. The highest BCUT2D eigenvalue weighted by Crippen LogP contribution is 2.27. The first kappa shape index (κ1) is 18.6. The summed E-state index contributed by atoms with van der Waals surface area (Å²) in [6, 6.07) is 4.86. The third-order valence-corrected chi connectivity index (χ3v) is 2.97. The molecule has 0 radical (unpaired) electrons. The molecule has 0 aromatic heterocycles. The summed E-state index contributed by atoms with van der Waals surface area (Å²) in [6.07, 6.45) is 0.127. The van der Waals surface area contributed by atoms with Gasteiger partial charge in [-0.05, 0) is 39.0 Å². The van der Waals surface area contributed by atoms with Crippen LogP contribution in [0.5, 0.6) is 5.75 Å². The summed E-state index contributed by atoms with van der Waals surface area (Å²) in [7, 11) is 0. The molecule has 2 N–H and O–H groups in total. The van der Waals surface area contributed by atoms with E-state index >= 15 is 0 Å². The lowest BCUT2D eigenvalue weighted by Gasteiger charge is -2.20. The van der Waals surface area contributed by atoms with Gasteiger partial charge in [0.2, 0.25) is 11.8 Å². The van der Waals surface area contributed by atoms with E-state index in [2.05, 4.69) is 10.6 Å². The van der Waals surface area contributed by atoms with Gasteiger partial charge in [0.05, 0.1) is 24.6 Å². The van der Waals surface area contributed by atoms with Gasteiger partial charge in [-0.1, -0.05) is 23.2 Å². The van der Waals surface area contributed by atoms with Gasteiger partial charge in [0.1, 0.15) is 5.75 Å². The quantitative estimate of drug-likeness (QED) is 0.832. The lowest BCUT2D eigenvalue weighted by atomic mass is 10.1. The smallest absolute Gasteiger partial charge is 0.239 e. The van der Waals surface area contributed by atoms with Gasteiger partial charge >= 0.3 is 0 Å². The molecule has 7 heteroatoms. The zero-order valence-corrected chi connectivity index (χ0v) is 14.3. The highest BCUT2D eigenvalue weighted by atomic mass is 35.5. The van der Waals surface area contributed by atoms with E-state index in [4.69, 9.17) is 27.9 Å². The molecular weight excluding hydrogens is 327 g/mol. The van der Waals surface area contributed by atoms with Crippen LogP contribution in [0, 0.1) is 0 Å². The number of carbonyl (C=O) groups is 2. The fourth-order valence-electron chi connectivity index (χ4n) is 1.58. The SMILES string of the molecule is CC(C)(C)NC(=O)CNC(=O)CCOc1ccc(Cl)cc1Cl. The Balaban J connectivity index is 2.27. The second kappa shape index (κ2) is 8.25. The van der Waals surface area contributed by atoms with Crippen LogP contribution >= 0.6 is 23.2 Å². The van der Waals surface area contributed by atoms with Crippen molar-refractivity contribution in [3.8, 4) is 5.75 Å². The predicted molar refractivity (Wildman–Crippen MR) is 87.5 cm³/mol. The molecule has 0 aliphatic carbocycles. The van der Waals surface area contributed by atoms with Crippen LogP contribution in [-0.4, -0.2) is 30.5 Å². The number of carbonyl (C=O) groups excluding carboxylic acids is 2. The van der Waals surface area contributed by atoms with Crippen molar-refractivity contribution in [3.05, 3.63) is 28.2 Å². The average Bonchev–Trinajstić information content (AvgIpc) is 2.37. The van der Waals surface area contributed by atoms with Gasteiger partial charge in [0, 0.05) is 10.6 Å². The van der Waals surface area contributed by atoms with E-state index in [0.29, 0.717) is 15.8 Å². The van der Waals surface area contributed by atoms with Crippen molar-refractivity contribution in [1.29, 1.82) is 0 Å². The maximum absolute atomic E-state index is 11.6. The molecule has 0 heterocycles. The van der Waals surface area contributed by atoms with Crippen molar-refractivity contribution in [2.75, 3.05) is 13.2 Å². The lowest BCUT2D eigenvalue weighted by molar-refractivity contribution is -0.127. The zero-order chi connectivity index (χ0) is 16.8. The predicted octanol–water partition coefficient (Wildman–Crippen LogP) is 2.79. The largest absolute Gasteiger partial charge is 0.491 e. The maximum Gasteiger partial charge on any atom is 0.239 e. The van der Waals surface area contributed by atoms with E-state index < -0.39 is 0 Å². The summed E-state index contributed by atoms with van der Waals surface area (Å²) in [6.45, 7) is 5.72. The number of hydrogen-bond acceptors (Lipinski definition) is 3. The van der Waals surface area contributed by atoms with Gasteiger partial charge < -0.3 is 15.4 Å². The Hall–Kier alpha value is -1.46. The first-order chi connectivity index (χ1) is 10.2. The summed E-state index contributed by atoms with van der Waals surface area (Å²) in [5, 5.41) is 6.18. The fraction of sp³-hybridized carbons (Fsp3) is 0.467. The third-order valence-electron chi connectivity index (χ3n) is 2.44. The molecule has 0 spiro atoms. The summed E-state index contributed by atoms with van der Waals surface area (Å²) in [4.78, 5) is 23.2. The topological polar surface area (TPSA) is 67.4 Å². The van der Waals surface area contributed by atoms with Crippen LogP contribution in [0.4, 0.5) is 0 Å². The molecule has 5 nitrogen and oxygen atoms in total. The third kappa shape index (κ3) is 7.52. The van der Waals surface area contributed by atoms with Crippen molar-refractivity contribution in [2.45, 2.75) is 32.7 Å². The lowest BCUT2D eigenvalue weighted by Crippen LogP contribution is -2.45. The molecule has 0 aliphatic heterocycles. The molecule has 1 aromatic carbocycles. The van der Waals surface area contributed by atoms with Crippen molar-refractivity contribution in [3.63, 3.8) is 0 Å². The highest BCUT2D eigenvalue weighted by molar-refractivity contribution is 6.35. The molecule has 2 amide bonds. The normalized spacial score (nSPS) is 11.0. The number of halogens is 2. The summed E-state index contributed by atoms with van der Waals surface area (Å²) < 4.78 is 5.40. The molecule has 122 valence electrons. The Morgan fingerprint density at radius 1 is 1.18 bits per heavy atom. The fourth-order valence-corrected chi connectivity index (χ4v) is 2.04. The van der Waals surface area contributed by atoms with Crippen molar-refractivity contribution < 1.29 is 14.3 Å². The van der Waals surface area contributed by atoms with E-state index in [-0.39, 0.29) is 36.9 Å². The van der Waals surface area contributed by atoms with E-state index in [1.165, 1.54) is 0 Å². The Morgan fingerprint density at radius 2 is 1.86 bits per heavy atom. The van der Waals surface area contributed by atoms with Crippen molar-refractivity contribution in [2.24, 2.45) is 0 Å². The van der Waals surface area contributed by atoms with Crippen molar-refractivity contribution in [1.82, 2.24) is 10.6 Å². The van der Waals surface area contributed by atoms with Crippen LogP contribution in [0.3, 0.4) is 0 Å². The van der Waals surface area contributed by atoms with Gasteiger partial charge in [0.15, 0.2) is 0 Å². The van der Waals surface area contributed by atoms with Crippen LogP contribution in [0.2, 0.25) is 10.0 Å². The van der Waals surface area contributed by atoms with Crippen LogP contribution in [0.25, 0.3) is 0 Å². The zero-order valence-electron chi connectivity index (χ0n) is 12.8. The molecule has 22 heavy (non-hydrogen) atoms. The number of hydrogen-bond donors (Lipinski definition) is 2. The van der Waals surface area contributed by atoms with Gasteiger partial charge in [-0.25, -0.2) is 0 Å². The Kier molecular flexibility index (Phi) is 6.97. The molecule has 1 rings (SSSR count). The minimum absolute atomic E-state index is 0.0577. The standard InChI is InChI=1S/C15H20Cl2N2O3/c1-15(2,3)19-14(21)9-18-13(20)6-7-22-12-5-4-10(16)8-11(12)17/h4-5,8H,6-7,9H2,1-3H3,(H,18,20)(H,19,21). The first-order valence-corrected chi connectivity index (χ1v) is 7.58. The molecule has 0 bridgehead atoms. The average molecular weight is 347 g/mol. The Labute approximate surface area is 140 Å². The highest BCUT2D eigenvalue weighted by Gasteiger charge is 2.14. The molecule has 1 aromatic rings. The van der Waals surface area contributed by atoms with E-state index in [1.54, 1.807) is 18.2 Å². The van der Waals surface area contributed by atoms with E-state index in [9.17, 15) is 9.59 Å². The Morgan fingerprint density at radius 3 is 2.45 bits per heavy atom. The van der Waals surface area contributed by atoms with Crippen LogP contribution in [0.1, 0.15) is 27.2 Å². The van der Waals surface area contributed by atoms with Crippen LogP contribution in [-0.2, 0) is 9.59 Å². The second-order valence-electron chi connectivity index (χ2n) is 5.75. The minimum Gasteiger partial charge on any atom is -0.491 e. The molecule has 0 atom stereocenters. The van der Waals surface area contributed by atoms with Crippen LogP contribution < -0.4 is 15.4 Å². The number of rotatable bonds is 6. The maximum atomic E-state index is 11.6. The number of ether oxygens (including phenoxy) is 1. The van der Waals surface area contributed by atoms with E-state index in [0.717, 1.165) is 0 Å². The molecule has 0 unspecified atom stereocenters. The summed E-state index contributed by atoms with van der Waals surface area (Å²) in [5.74, 6) is -0.0407. The van der Waals surface area contributed by atoms with Gasteiger partial charge in [-0.15, -0.1) is 0 Å². The minimum atomic E-state index is -0.323. The number of nitrogens with one attached hydrogen (secondary N) is 2. The van der Waals surface area contributed by atoms with Gasteiger partial charge in [-0.2, -0.15) is 0 Å². The molecule has 0 fully saturated rings. The van der Waals surface area contributed by atoms with Crippen LogP contribution in [0.15, 0.2) is 18.2 Å². The second-order valence-corrected chi connectivity index (χ2v) is 6.59. The number of amides is 2. The molecule has 0 saturated heterocycles. The van der Waals surface area contributed by atoms with Crippen molar-refractivity contribution >= 4 is 35.0 Å². The first-order valence-electron chi connectivity index (χ1n) is 6.83. The molecule has 0 aliphatic rings. The van der Waals surface area contributed by atoms with Gasteiger partial charge in [-0.3, -0.25) is 9.59 Å². The monoisotopic (exact) mass is 346 g/mol. The van der Waals surface area contributed by atoms with Gasteiger partial charge in [0.25, 0.3) is 0 Å². The summed E-state index contributed by atoms with van der Waals surface area (Å²) in [5.41, 5.74) is -0.323. The molecule has 0 saturated carbocycles. The number of benzene rings is 1.